The Kier molecular flexibility index (Phi) is 4.65. The van der Waals surface area contributed by atoms with Gasteiger partial charge in [-0.2, -0.15) is 0 Å². The van der Waals surface area contributed by atoms with Gasteiger partial charge in [-0.05, 0) is 36.8 Å². The number of rotatable bonds is 4. The molecular formula is C10H15N2O3PS. The largest absolute Gasteiger partial charge is 0.376 e. The van der Waals surface area contributed by atoms with Crippen molar-refractivity contribution in [3.8, 4) is 0 Å². The van der Waals surface area contributed by atoms with Gasteiger partial charge in [0.2, 0.25) is 0 Å². The van der Waals surface area contributed by atoms with Crippen molar-refractivity contribution in [1.29, 1.82) is 0 Å². The molecule has 0 aliphatic rings. The van der Waals surface area contributed by atoms with Gasteiger partial charge in [0.15, 0.2) is 5.11 Å². The standard InChI is InChI=1S/C10H15N2O3PS/c1-2-12(10(11)17)9-5-3-8(4-6-9)7-16(13,14)15/h3-6H,2,7H2,1H3,(H2,11,17)(H2,13,14,15). The topological polar surface area (TPSA) is 86.8 Å². The van der Waals surface area contributed by atoms with Crippen molar-refractivity contribution in [1.82, 2.24) is 0 Å². The van der Waals surface area contributed by atoms with Gasteiger partial charge in [-0.25, -0.2) is 0 Å². The molecule has 0 saturated carbocycles. The molecule has 1 rings (SSSR count). The summed E-state index contributed by atoms with van der Waals surface area (Å²) in [6.45, 7) is 2.57. The molecule has 0 unspecified atom stereocenters. The number of anilines is 1. The van der Waals surface area contributed by atoms with Crippen molar-refractivity contribution in [2.45, 2.75) is 13.1 Å². The molecule has 0 heterocycles. The zero-order valence-electron chi connectivity index (χ0n) is 9.41. The van der Waals surface area contributed by atoms with Gasteiger partial charge in [-0.1, -0.05) is 12.1 Å². The summed E-state index contributed by atoms with van der Waals surface area (Å²) in [4.78, 5) is 19.4. The van der Waals surface area contributed by atoms with Gasteiger partial charge in [0, 0.05) is 12.2 Å². The van der Waals surface area contributed by atoms with Crippen molar-refractivity contribution < 1.29 is 14.4 Å². The molecule has 0 saturated heterocycles. The SMILES string of the molecule is CCN(C(N)=S)c1ccc(CP(=O)(O)O)cc1. The first-order valence-corrected chi connectivity index (χ1v) is 7.24. The van der Waals surface area contributed by atoms with Crippen molar-refractivity contribution in [3.63, 3.8) is 0 Å². The van der Waals surface area contributed by atoms with Gasteiger partial charge in [0.1, 0.15) is 0 Å². The van der Waals surface area contributed by atoms with Gasteiger partial charge in [0.25, 0.3) is 0 Å². The zero-order chi connectivity index (χ0) is 13.1. The molecule has 7 heteroatoms. The molecule has 0 aliphatic carbocycles. The molecule has 0 fully saturated rings. The minimum Gasteiger partial charge on any atom is -0.376 e. The second kappa shape index (κ2) is 5.60. The quantitative estimate of drug-likeness (QED) is 0.569. The summed E-state index contributed by atoms with van der Waals surface area (Å²) in [5.74, 6) is 0. The van der Waals surface area contributed by atoms with Crippen LogP contribution in [0.5, 0.6) is 0 Å². The summed E-state index contributed by atoms with van der Waals surface area (Å²) < 4.78 is 10.8. The van der Waals surface area contributed by atoms with Crippen molar-refractivity contribution >= 4 is 30.6 Å². The van der Waals surface area contributed by atoms with Crippen LogP contribution in [0.25, 0.3) is 0 Å². The van der Waals surface area contributed by atoms with E-state index >= 15 is 0 Å². The Bertz CT molecular complexity index is 443. The lowest BCUT2D eigenvalue weighted by Gasteiger charge is -2.21. The van der Waals surface area contributed by atoms with E-state index in [9.17, 15) is 4.57 Å². The van der Waals surface area contributed by atoms with Crippen LogP contribution in [0.3, 0.4) is 0 Å². The Labute approximate surface area is 105 Å². The Balaban J connectivity index is 2.87. The van der Waals surface area contributed by atoms with E-state index < -0.39 is 7.60 Å². The average molecular weight is 274 g/mol. The highest BCUT2D eigenvalue weighted by Crippen LogP contribution is 2.39. The lowest BCUT2D eigenvalue weighted by molar-refractivity contribution is 0.371. The summed E-state index contributed by atoms with van der Waals surface area (Å²) in [6.07, 6.45) is -0.257. The Hall–Kier alpha value is -0.940. The Morgan fingerprint density at radius 2 is 1.94 bits per heavy atom. The lowest BCUT2D eigenvalue weighted by atomic mass is 10.2. The van der Waals surface area contributed by atoms with Gasteiger partial charge >= 0.3 is 7.60 Å². The lowest BCUT2D eigenvalue weighted by Crippen LogP contribution is -2.35. The molecule has 0 amide bonds. The van der Waals surface area contributed by atoms with E-state index in [2.05, 4.69) is 0 Å². The van der Waals surface area contributed by atoms with E-state index in [0.29, 0.717) is 12.1 Å². The number of benzene rings is 1. The van der Waals surface area contributed by atoms with Crippen molar-refractivity contribution in [2.75, 3.05) is 11.4 Å². The summed E-state index contributed by atoms with van der Waals surface area (Å²) in [5.41, 5.74) is 6.95. The number of nitrogens with two attached hydrogens (primary N) is 1. The number of thiocarbonyl (C=S) groups is 1. The van der Waals surface area contributed by atoms with Gasteiger partial charge in [-0.3, -0.25) is 4.57 Å². The highest BCUT2D eigenvalue weighted by Gasteiger charge is 2.14. The summed E-state index contributed by atoms with van der Waals surface area (Å²) in [6, 6.07) is 6.81. The smallest absolute Gasteiger partial charge is 0.329 e. The molecule has 5 nitrogen and oxygen atoms in total. The summed E-state index contributed by atoms with van der Waals surface area (Å²) >= 11 is 4.90. The average Bonchev–Trinajstić information content (AvgIpc) is 2.18. The van der Waals surface area contributed by atoms with E-state index in [1.807, 2.05) is 6.92 Å². The monoisotopic (exact) mass is 274 g/mol. The minimum atomic E-state index is -4.02. The number of hydrogen-bond donors (Lipinski definition) is 3. The van der Waals surface area contributed by atoms with Crippen LogP contribution in [0.1, 0.15) is 12.5 Å². The van der Waals surface area contributed by atoms with Crippen LogP contribution < -0.4 is 10.6 Å². The predicted octanol–water partition coefficient (Wildman–Crippen LogP) is 1.43. The van der Waals surface area contributed by atoms with Crippen molar-refractivity contribution in [2.24, 2.45) is 5.73 Å². The first kappa shape index (κ1) is 14.1. The molecule has 0 spiro atoms. The molecule has 94 valence electrons. The normalized spacial score (nSPS) is 11.2. The van der Waals surface area contributed by atoms with Gasteiger partial charge < -0.3 is 20.4 Å². The first-order valence-electron chi connectivity index (χ1n) is 5.04. The molecule has 17 heavy (non-hydrogen) atoms. The molecule has 1 aromatic carbocycles. The molecule has 0 bridgehead atoms. The van der Waals surface area contributed by atoms with Crippen LogP contribution in [0.4, 0.5) is 5.69 Å². The minimum absolute atomic E-state index is 0.257. The van der Waals surface area contributed by atoms with Crippen LogP contribution in [-0.2, 0) is 10.7 Å². The van der Waals surface area contributed by atoms with Crippen LogP contribution >= 0.6 is 19.8 Å². The zero-order valence-corrected chi connectivity index (χ0v) is 11.1. The second-order valence-electron chi connectivity index (χ2n) is 3.57. The maximum Gasteiger partial charge on any atom is 0.329 e. The van der Waals surface area contributed by atoms with Crippen LogP contribution in [0.2, 0.25) is 0 Å². The summed E-state index contributed by atoms with van der Waals surface area (Å²) in [7, 11) is -4.02. The van der Waals surface area contributed by atoms with Crippen LogP contribution in [0, 0.1) is 0 Å². The number of hydrogen-bond acceptors (Lipinski definition) is 2. The van der Waals surface area contributed by atoms with E-state index in [0.717, 1.165) is 5.69 Å². The maximum atomic E-state index is 10.8. The molecule has 0 radical (unpaired) electrons. The highest BCUT2D eigenvalue weighted by molar-refractivity contribution is 7.80. The second-order valence-corrected chi connectivity index (χ2v) is 5.64. The molecule has 0 aliphatic heterocycles. The Morgan fingerprint density at radius 1 is 1.41 bits per heavy atom. The van der Waals surface area contributed by atoms with E-state index in [-0.39, 0.29) is 11.3 Å². The highest BCUT2D eigenvalue weighted by atomic mass is 32.1. The fourth-order valence-corrected chi connectivity index (χ4v) is 2.41. The molecule has 4 N–H and O–H groups in total. The third-order valence-electron chi connectivity index (χ3n) is 2.22. The molecule has 1 aromatic rings. The fourth-order valence-electron chi connectivity index (χ4n) is 1.48. The van der Waals surface area contributed by atoms with Gasteiger partial charge in [-0.15, -0.1) is 0 Å². The fraction of sp³-hybridized carbons (Fsp3) is 0.300. The predicted molar refractivity (Wildman–Crippen MR) is 72.0 cm³/mol. The molecular weight excluding hydrogens is 259 g/mol. The number of nitrogens with zero attached hydrogens (tertiary/aromatic N) is 1. The third-order valence-corrected chi connectivity index (χ3v) is 3.22. The maximum absolute atomic E-state index is 10.8. The molecule has 0 aromatic heterocycles. The first-order chi connectivity index (χ1) is 7.83. The van der Waals surface area contributed by atoms with E-state index in [1.54, 1.807) is 29.2 Å². The Morgan fingerprint density at radius 3 is 2.29 bits per heavy atom. The molecule has 0 atom stereocenters. The van der Waals surface area contributed by atoms with E-state index in [4.69, 9.17) is 27.7 Å². The van der Waals surface area contributed by atoms with Crippen LogP contribution in [-0.4, -0.2) is 21.4 Å². The van der Waals surface area contributed by atoms with Crippen LogP contribution in [0.15, 0.2) is 24.3 Å². The van der Waals surface area contributed by atoms with E-state index in [1.165, 1.54) is 0 Å². The summed E-state index contributed by atoms with van der Waals surface area (Å²) in [5, 5.41) is 0.273. The van der Waals surface area contributed by atoms with Gasteiger partial charge in [0.05, 0.1) is 6.16 Å². The van der Waals surface area contributed by atoms with Crippen molar-refractivity contribution in [3.05, 3.63) is 29.8 Å². The third kappa shape index (κ3) is 4.44.